The van der Waals surface area contributed by atoms with Gasteiger partial charge in [0.1, 0.15) is 6.21 Å². The summed E-state index contributed by atoms with van der Waals surface area (Å²) in [6.07, 6.45) is 9.52. The molecule has 1 aliphatic heterocycles. The molecular weight excluding hydrogens is 106 g/mol. The van der Waals surface area contributed by atoms with Crippen molar-refractivity contribution in [1.82, 2.24) is 0 Å². The highest BCUT2D eigenvalue weighted by atomic mass is 32.2. The highest BCUT2D eigenvalue weighted by Crippen LogP contribution is 2.03. The third-order valence-corrected chi connectivity index (χ3v) is 0.893. The molecule has 1 heterocycles. The Hall–Kier alpha value is -0.500. The number of nitrogens with zero attached hydrogens (tertiary/aromatic N) is 1. The standard InChI is InChI=1S/C5H2NS/c1-2-4-6-7-5-3-1/h3,5H. The second kappa shape index (κ2) is 2.64. The normalized spacial score (nSPS) is 17.1. The molecule has 0 N–H and O–H groups in total. The van der Waals surface area contributed by atoms with E-state index in [0.29, 0.717) is 0 Å². The lowest BCUT2D eigenvalue weighted by Crippen LogP contribution is -1.54. The van der Waals surface area contributed by atoms with Crippen LogP contribution >= 0.6 is 11.9 Å². The number of rotatable bonds is 0. The van der Waals surface area contributed by atoms with Gasteiger partial charge in [0.25, 0.3) is 0 Å². The molecule has 0 aliphatic carbocycles. The monoisotopic (exact) mass is 108 g/mol. The zero-order valence-corrected chi connectivity index (χ0v) is 4.33. The van der Waals surface area contributed by atoms with E-state index in [1.807, 2.05) is 5.41 Å². The van der Waals surface area contributed by atoms with Gasteiger partial charge in [-0.2, -0.15) is 0 Å². The number of allylic oxidation sites excluding steroid dienone is 3. The molecule has 0 amide bonds. The van der Waals surface area contributed by atoms with Crippen LogP contribution in [0.2, 0.25) is 0 Å². The van der Waals surface area contributed by atoms with Crippen LogP contribution < -0.4 is 0 Å². The zero-order chi connectivity index (χ0) is 4.95. The zero-order valence-electron chi connectivity index (χ0n) is 3.51. The summed E-state index contributed by atoms with van der Waals surface area (Å²) < 4.78 is 3.68. The quantitative estimate of drug-likeness (QED) is 0.426. The van der Waals surface area contributed by atoms with E-state index in [-0.39, 0.29) is 0 Å². The van der Waals surface area contributed by atoms with E-state index >= 15 is 0 Å². The highest BCUT2D eigenvalue weighted by Gasteiger charge is 1.74. The lowest BCUT2D eigenvalue weighted by Gasteiger charge is -1.68. The van der Waals surface area contributed by atoms with Crippen molar-refractivity contribution in [1.29, 1.82) is 0 Å². The molecule has 33 valence electrons. The molecular formula is C5H2NS. The molecule has 2 heteroatoms. The van der Waals surface area contributed by atoms with Gasteiger partial charge in [-0.25, -0.2) is 4.40 Å². The first-order valence-electron chi connectivity index (χ1n) is 1.76. The van der Waals surface area contributed by atoms with Gasteiger partial charge in [-0.15, -0.1) is 0 Å². The Labute approximate surface area is 47.0 Å². The number of hydrogen-bond donors (Lipinski definition) is 0. The van der Waals surface area contributed by atoms with Gasteiger partial charge in [-0.05, 0) is 17.6 Å². The molecule has 0 bridgehead atoms. The predicted octanol–water partition coefficient (Wildman–Crippen LogP) is 1.27. The van der Waals surface area contributed by atoms with E-state index in [9.17, 15) is 0 Å². The Morgan fingerprint density at radius 3 is 3.57 bits per heavy atom. The van der Waals surface area contributed by atoms with Gasteiger partial charge in [-0.1, -0.05) is 0 Å². The molecule has 0 saturated heterocycles. The Morgan fingerprint density at radius 2 is 2.57 bits per heavy atom. The van der Waals surface area contributed by atoms with Crippen molar-refractivity contribution in [2.24, 2.45) is 4.40 Å². The smallest absolute Gasteiger partial charge is 0.107 e. The minimum absolute atomic E-state index is 1.32. The second-order valence-corrected chi connectivity index (χ2v) is 1.55. The molecule has 0 fully saturated rings. The molecule has 0 aromatic carbocycles. The number of hydrogen-bond acceptors (Lipinski definition) is 2. The first-order chi connectivity index (χ1) is 3.50. The van der Waals surface area contributed by atoms with Gasteiger partial charge < -0.3 is 0 Å². The fourth-order valence-corrected chi connectivity index (χ4v) is 0.506. The van der Waals surface area contributed by atoms with Gasteiger partial charge in [0.05, 0.1) is 0 Å². The summed E-state index contributed by atoms with van der Waals surface area (Å²) in [6.45, 7) is 0. The van der Waals surface area contributed by atoms with Crippen molar-refractivity contribution in [3.05, 3.63) is 23.6 Å². The van der Waals surface area contributed by atoms with Crippen molar-refractivity contribution in [3.8, 4) is 0 Å². The molecule has 1 rings (SSSR count). The first kappa shape index (κ1) is 4.65. The molecule has 0 saturated carbocycles. The highest BCUT2D eigenvalue weighted by molar-refractivity contribution is 8.01. The Balaban J connectivity index is 2.60. The Kier molecular flexibility index (Phi) is 1.75. The summed E-state index contributed by atoms with van der Waals surface area (Å²) in [5.41, 5.74) is 0. The van der Waals surface area contributed by atoms with Gasteiger partial charge in [-0.3, -0.25) is 0 Å². The summed E-state index contributed by atoms with van der Waals surface area (Å²) in [6, 6.07) is 0. The van der Waals surface area contributed by atoms with E-state index < -0.39 is 0 Å². The van der Waals surface area contributed by atoms with Gasteiger partial charge in [0.15, 0.2) is 0 Å². The molecule has 7 heavy (non-hydrogen) atoms. The average Bonchev–Trinajstić information content (AvgIpc) is 1.90. The molecule has 0 unspecified atom stereocenters. The van der Waals surface area contributed by atoms with Crippen LogP contribution in [0.4, 0.5) is 0 Å². The fourth-order valence-electron chi connectivity index (χ4n) is 0.218. The summed E-state index contributed by atoms with van der Waals surface area (Å²) in [5, 5.41) is 1.81. The topological polar surface area (TPSA) is 12.4 Å². The van der Waals surface area contributed by atoms with Gasteiger partial charge in [0, 0.05) is 18.0 Å². The van der Waals surface area contributed by atoms with Crippen LogP contribution in [0.5, 0.6) is 0 Å². The van der Waals surface area contributed by atoms with E-state index in [1.165, 1.54) is 11.9 Å². The molecule has 0 aromatic heterocycles. The summed E-state index contributed by atoms with van der Waals surface area (Å²) in [7, 11) is 0. The van der Waals surface area contributed by atoms with Crippen LogP contribution in [0.25, 0.3) is 0 Å². The maximum atomic E-state index is 3.68. The molecule has 0 aromatic rings. The van der Waals surface area contributed by atoms with Crippen molar-refractivity contribution < 1.29 is 0 Å². The minimum atomic E-state index is 1.32. The van der Waals surface area contributed by atoms with Crippen LogP contribution in [-0.2, 0) is 0 Å². The van der Waals surface area contributed by atoms with Crippen LogP contribution in [-0.4, -0.2) is 6.21 Å². The third-order valence-electron chi connectivity index (χ3n) is 0.439. The van der Waals surface area contributed by atoms with Crippen LogP contribution in [0.15, 0.2) is 15.9 Å². The van der Waals surface area contributed by atoms with Gasteiger partial charge in [0.2, 0.25) is 0 Å². The minimum Gasteiger partial charge on any atom is -0.209 e. The van der Waals surface area contributed by atoms with E-state index in [2.05, 4.69) is 22.8 Å². The first-order valence-corrected chi connectivity index (χ1v) is 2.60. The van der Waals surface area contributed by atoms with Crippen LogP contribution in [0, 0.1) is 12.2 Å². The molecule has 0 atom stereocenters. The Bertz CT molecular complexity index is 110. The molecule has 3 radical (unpaired) electrons. The lowest BCUT2D eigenvalue weighted by atomic mass is 10.5. The largest absolute Gasteiger partial charge is 0.209 e. The van der Waals surface area contributed by atoms with Crippen molar-refractivity contribution in [2.45, 2.75) is 0 Å². The second-order valence-electron chi connectivity index (χ2n) is 0.881. The average molecular weight is 108 g/mol. The van der Waals surface area contributed by atoms with Crippen molar-refractivity contribution in [2.75, 3.05) is 0 Å². The van der Waals surface area contributed by atoms with Crippen LogP contribution in [0.1, 0.15) is 0 Å². The van der Waals surface area contributed by atoms with Crippen molar-refractivity contribution >= 4 is 18.2 Å². The maximum Gasteiger partial charge on any atom is 0.107 e. The molecule has 1 nitrogen and oxygen atoms in total. The fraction of sp³-hybridized carbons (Fsp3) is 0. The summed E-state index contributed by atoms with van der Waals surface area (Å²) >= 11 is 1.32. The maximum absolute atomic E-state index is 3.68. The van der Waals surface area contributed by atoms with Crippen LogP contribution in [0.3, 0.4) is 0 Å². The summed E-state index contributed by atoms with van der Waals surface area (Å²) in [4.78, 5) is 0. The SMILES string of the molecule is [C]1=[C]C=CSN=[C]1. The van der Waals surface area contributed by atoms with E-state index in [1.54, 1.807) is 6.08 Å². The van der Waals surface area contributed by atoms with Gasteiger partial charge >= 0.3 is 0 Å². The van der Waals surface area contributed by atoms with E-state index in [4.69, 9.17) is 0 Å². The van der Waals surface area contributed by atoms with Crippen molar-refractivity contribution in [3.63, 3.8) is 0 Å². The molecule has 1 aliphatic rings. The third kappa shape index (κ3) is 1.59. The molecule has 0 spiro atoms. The Morgan fingerprint density at radius 1 is 1.57 bits per heavy atom. The predicted molar refractivity (Wildman–Crippen MR) is 30.7 cm³/mol. The lowest BCUT2D eigenvalue weighted by molar-refractivity contribution is 1.90. The summed E-state index contributed by atoms with van der Waals surface area (Å²) in [5.74, 6) is 0. The van der Waals surface area contributed by atoms with E-state index in [0.717, 1.165) is 0 Å².